The van der Waals surface area contributed by atoms with Crippen molar-refractivity contribution in [2.45, 2.75) is 11.8 Å². The minimum atomic E-state index is -1.01. The van der Waals surface area contributed by atoms with Crippen molar-refractivity contribution in [1.82, 2.24) is 0 Å². The number of carboxylic acid groups (broad SMARTS) is 1. The van der Waals surface area contributed by atoms with E-state index < -0.39 is 11.4 Å². The molecule has 0 radical (unpaired) electrons. The summed E-state index contributed by atoms with van der Waals surface area (Å²) < 4.78 is 10.5. The molecule has 0 fully saturated rings. The molecule has 5 nitrogen and oxygen atoms in total. The molecule has 1 aromatic carbocycles. The van der Waals surface area contributed by atoms with Gasteiger partial charge in [0.2, 0.25) is 6.79 Å². The van der Waals surface area contributed by atoms with Gasteiger partial charge < -0.3 is 14.6 Å². The number of hydrogen-bond acceptors (Lipinski definition) is 4. The van der Waals surface area contributed by atoms with Crippen LogP contribution < -0.4 is 9.47 Å². The average molecular weight is 233 g/mol. The van der Waals surface area contributed by atoms with Crippen LogP contribution in [0.15, 0.2) is 23.2 Å². The van der Waals surface area contributed by atoms with Crippen LogP contribution in [-0.4, -0.2) is 30.6 Å². The molecule has 0 aliphatic carbocycles. The van der Waals surface area contributed by atoms with Crippen LogP contribution in [0.4, 0.5) is 0 Å². The summed E-state index contributed by atoms with van der Waals surface area (Å²) in [6.07, 6.45) is 2.01. The lowest BCUT2D eigenvalue weighted by atomic mass is 9.80. The number of carbonyl (C=O) groups is 1. The highest BCUT2D eigenvalue weighted by molar-refractivity contribution is 6.02. The fourth-order valence-corrected chi connectivity index (χ4v) is 2.20. The van der Waals surface area contributed by atoms with E-state index in [9.17, 15) is 9.90 Å². The Labute approximate surface area is 97.7 Å². The van der Waals surface area contributed by atoms with Crippen LogP contribution in [0, 0.1) is 0 Å². The number of rotatable bonds is 2. The lowest BCUT2D eigenvalue weighted by Gasteiger charge is -2.21. The first kappa shape index (κ1) is 10.1. The molecule has 5 heteroatoms. The normalized spacial score (nSPS) is 25.2. The second-order valence-electron chi connectivity index (χ2n) is 4.13. The van der Waals surface area contributed by atoms with Gasteiger partial charge in [-0.05, 0) is 24.1 Å². The van der Waals surface area contributed by atoms with Gasteiger partial charge in [0.1, 0.15) is 5.41 Å². The number of carboxylic acids is 1. The van der Waals surface area contributed by atoms with E-state index >= 15 is 0 Å². The molecule has 1 atom stereocenters. The van der Waals surface area contributed by atoms with Gasteiger partial charge in [-0.1, -0.05) is 6.07 Å². The van der Waals surface area contributed by atoms with E-state index in [2.05, 4.69) is 4.99 Å². The molecule has 88 valence electrons. The van der Waals surface area contributed by atoms with E-state index in [1.807, 2.05) is 0 Å². The number of fused-ring (bicyclic) bond motifs is 1. The van der Waals surface area contributed by atoms with Gasteiger partial charge in [0.25, 0.3) is 0 Å². The molecular formula is C12H11NO4. The van der Waals surface area contributed by atoms with Gasteiger partial charge in [-0.3, -0.25) is 9.79 Å². The van der Waals surface area contributed by atoms with E-state index in [0.717, 1.165) is 0 Å². The maximum absolute atomic E-state index is 11.5. The predicted octanol–water partition coefficient (Wildman–Crippen LogP) is 1.21. The van der Waals surface area contributed by atoms with Crippen molar-refractivity contribution in [2.24, 2.45) is 4.99 Å². The van der Waals surface area contributed by atoms with Crippen molar-refractivity contribution in [3.8, 4) is 11.5 Å². The van der Waals surface area contributed by atoms with Gasteiger partial charge in [0, 0.05) is 12.8 Å². The topological polar surface area (TPSA) is 68.1 Å². The molecule has 17 heavy (non-hydrogen) atoms. The Morgan fingerprint density at radius 2 is 2.18 bits per heavy atom. The summed E-state index contributed by atoms with van der Waals surface area (Å²) in [6.45, 7) is 0.730. The molecule has 0 saturated carbocycles. The van der Waals surface area contributed by atoms with E-state index in [0.29, 0.717) is 30.0 Å². The smallest absolute Gasteiger partial charge is 0.319 e. The highest BCUT2D eigenvalue weighted by Crippen LogP contribution is 2.38. The lowest BCUT2D eigenvalue weighted by Crippen LogP contribution is -2.35. The Morgan fingerprint density at radius 3 is 2.88 bits per heavy atom. The quantitative estimate of drug-likeness (QED) is 0.833. The molecule has 0 aromatic heterocycles. The second kappa shape index (κ2) is 3.48. The molecular weight excluding hydrogens is 222 g/mol. The van der Waals surface area contributed by atoms with Crippen molar-refractivity contribution in [3.63, 3.8) is 0 Å². The zero-order valence-electron chi connectivity index (χ0n) is 9.05. The molecule has 1 aromatic rings. The molecule has 1 N–H and O–H groups in total. The van der Waals surface area contributed by atoms with E-state index in [1.54, 1.807) is 18.2 Å². The zero-order chi connectivity index (χ0) is 11.9. The van der Waals surface area contributed by atoms with Gasteiger partial charge in [-0.25, -0.2) is 0 Å². The Balaban J connectivity index is 2.08. The number of aliphatic imine (C=N–C) groups is 1. The monoisotopic (exact) mass is 233 g/mol. The maximum Gasteiger partial charge on any atom is 0.319 e. The van der Waals surface area contributed by atoms with Gasteiger partial charge in [0.15, 0.2) is 11.5 Å². The third-order valence-corrected chi connectivity index (χ3v) is 3.22. The summed E-state index contributed by atoms with van der Waals surface area (Å²) in [4.78, 5) is 15.5. The van der Waals surface area contributed by atoms with Gasteiger partial charge in [-0.15, -0.1) is 0 Å². The highest BCUT2D eigenvalue weighted by Gasteiger charge is 2.41. The lowest BCUT2D eigenvalue weighted by molar-refractivity contribution is -0.140. The van der Waals surface area contributed by atoms with E-state index in [-0.39, 0.29) is 6.79 Å². The van der Waals surface area contributed by atoms with Gasteiger partial charge in [0.05, 0.1) is 0 Å². The third-order valence-electron chi connectivity index (χ3n) is 3.22. The first-order chi connectivity index (χ1) is 8.22. The van der Waals surface area contributed by atoms with Crippen LogP contribution in [0.2, 0.25) is 0 Å². The maximum atomic E-state index is 11.5. The first-order valence-electron chi connectivity index (χ1n) is 5.37. The summed E-state index contributed by atoms with van der Waals surface area (Å²) in [5.74, 6) is 0.380. The summed E-state index contributed by atoms with van der Waals surface area (Å²) in [5, 5.41) is 9.40. The van der Waals surface area contributed by atoms with Crippen LogP contribution in [0.5, 0.6) is 11.5 Å². The molecule has 0 amide bonds. The Kier molecular flexibility index (Phi) is 2.07. The first-order valence-corrected chi connectivity index (χ1v) is 5.37. The average Bonchev–Trinajstić information content (AvgIpc) is 2.97. The second-order valence-corrected chi connectivity index (χ2v) is 4.13. The summed E-state index contributed by atoms with van der Waals surface area (Å²) in [6, 6.07) is 5.24. The Morgan fingerprint density at radius 1 is 1.35 bits per heavy atom. The van der Waals surface area contributed by atoms with Crippen molar-refractivity contribution < 1.29 is 19.4 Å². The Hall–Kier alpha value is -2.04. The van der Waals surface area contributed by atoms with Gasteiger partial charge in [-0.2, -0.15) is 0 Å². The molecule has 1 unspecified atom stereocenters. The number of hydrogen-bond donors (Lipinski definition) is 1. The summed E-state index contributed by atoms with van der Waals surface area (Å²) in [5.41, 5.74) is -0.323. The number of aliphatic carboxylic acids is 1. The zero-order valence-corrected chi connectivity index (χ0v) is 9.05. The number of ether oxygens (including phenoxy) is 2. The molecule has 0 bridgehead atoms. The van der Waals surface area contributed by atoms with Crippen LogP contribution in [0.25, 0.3) is 0 Å². The minimum absolute atomic E-state index is 0.187. The Bertz CT molecular complexity index is 511. The summed E-state index contributed by atoms with van der Waals surface area (Å²) >= 11 is 0. The van der Waals surface area contributed by atoms with Crippen LogP contribution in [0.1, 0.15) is 12.0 Å². The van der Waals surface area contributed by atoms with Crippen molar-refractivity contribution in [3.05, 3.63) is 23.8 Å². The molecule has 2 aliphatic rings. The van der Waals surface area contributed by atoms with Crippen LogP contribution in [-0.2, 0) is 10.2 Å². The van der Waals surface area contributed by atoms with Crippen molar-refractivity contribution in [2.75, 3.05) is 13.3 Å². The fourth-order valence-electron chi connectivity index (χ4n) is 2.20. The van der Waals surface area contributed by atoms with Crippen LogP contribution in [0.3, 0.4) is 0 Å². The molecule has 2 aliphatic heterocycles. The molecule has 0 saturated heterocycles. The number of nitrogens with zero attached hydrogens (tertiary/aromatic N) is 1. The number of benzene rings is 1. The molecule has 0 spiro atoms. The largest absolute Gasteiger partial charge is 0.480 e. The SMILES string of the molecule is O=C(O)C1(c2ccc3c(c2)OCO3)C=NCC1. The standard InChI is InChI=1S/C12H11NO4/c14-11(15)12(3-4-13-6-12)8-1-2-9-10(5-8)17-7-16-9/h1-2,5-6H,3-4,7H2,(H,14,15). The minimum Gasteiger partial charge on any atom is -0.480 e. The molecule has 2 heterocycles. The summed E-state index contributed by atoms with van der Waals surface area (Å²) in [7, 11) is 0. The predicted molar refractivity (Wildman–Crippen MR) is 59.9 cm³/mol. The van der Waals surface area contributed by atoms with Crippen molar-refractivity contribution in [1.29, 1.82) is 0 Å². The van der Waals surface area contributed by atoms with Crippen LogP contribution >= 0.6 is 0 Å². The van der Waals surface area contributed by atoms with Crippen molar-refractivity contribution >= 4 is 12.2 Å². The highest BCUT2D eigenvalue weighted by atomic mass is 16.7. The van der Waals surface area contributed by atoms with Gasteiger partial charge >= 0.3 is 5.97 Å². The van der Waals surface area contributed by atoms with E-state index in [4.69, 9.17) is 9.47 Å². The third kappa shape index (κ3) is 1.39. The molecule has 3 rings (SSSR count). The van der Waals surface area contributed by atoms with E-state index in [1.165, 1.54) is 6.21 Å². The fraction of sp³-hybridized carbons (Fsp3) is 0.333.